The first-order chi connectivity index (χ1) is 5.33. The highest BCUT2D eigenvalue weighted by atomic mass is 16.3. The van der Waals surface area contributed by atoms with E-state index in [2.05, 4.69) is 12.2 Å². The van der Waals surface area contributed by atoms with Crippen molar-refractivity contribution in [1.29, 1.82) is 0 Å². The fraction of sp³-hybridized carbons (Fsp3) is 0.333. The van der Waals surface area contributed by atoms with Crippen molar-refractivity contribution in [2.45, 2.75) is 13.5 Å². The highest BCUT2D eigenvalue weighted by Crippen LogP contribution is 2.09. The van der Waals surface area contributed by atoms with Crippen molar-refractivity contribution in [2.24, 2.45) is 0 Å². The van der Waals surface area contributed by atoms with Gasteiger partial charge in [0.15, 0.2) is 0 Å². The predicted octanol–water partition coefficient (Wildman–Crippen LogP) is 1.50. The molecule has 2 nitrogen and oxygen atoms in total. The zero-order valence-corrected chi connectivity index (χ0v) is 6.67. The van der Waals surface area contributed by atoms with E-state index in [1.165, 1.54) is 0 Å². The monoisotopic (exact) mass is 151 g/mol. The van der Waals surface area contributed by atoms with Crippen LogP contribution in [0.4, 0.5) is 0 Å². The molecule has 0 saturated carbocycles. The minimum absolute atomic E-state index is 0.334. The number of rotatable bonds is 3. The van der Waals surface area contributed by atoms with Gasteiger partial charge >= 0.3 is 0 Å². The molecule has 0 spiro atoms. The number of aromatic hydroxyl groups is 1. The lowest BCUT2D eigenvalue weighted by molar-refractivity contribution is 0.474. The Morgan fingerprint density at radius 3 is 2.91 bits per heavy atom. The van der Waals surface area contributed by atoms with Crippen molar-refractivity contribution in [1.82, 2.24) is 5.32 Å². The summed E-state index contributed by atoms with van der Waals surface area (Å²) in [6, 6.07) is 7.28. The molecule has 0 fully saturated rings. The molecule has 1 aromatic rings. The quantitative estimate of drug-likeness (QED) is 0.686. The van der Waals surface area contributed by atoms with E-state index in [4.69, 9.17) is 5.11 Å². The first-order valence-corrected chi connectivity index (χ1v) is 3.81. The van der Waals surface area contributed by atoms with Crippen LogP contribution in [0.2, 0.25) is 0 Å². The summed E-state index contributed by atoms with van der Waals surface area (Å²) in [7, 11) is 0. The maximum Gasteiger partial charge on any atom is 0.115 e. The highest BCUT2D eigenvalue weighted by molar-refractivity contribution is 5.26. The van der Waals surface area contributed by atoms with Crippen LogP contribution in [0.3, 0.4) is 0 Å². The topological polar surface area (TPSA) is 32.3 Å². The fourth-order valence-corrected chi connectivity index (χ4v) is 0.936. The summed E-state index contributed by atoms with van der Waals surface area (Å²) < 4.78 is 0. The molecule has 2 N–H and O–H groups in total. The van der Waals surface area contributed by atoms with E-state index in [1.54, 1.807) is 12.1 Å². The van der Waals surface area contributed by atoms with Gasteiger partial charge in [0.2, 0.25) is 0 Å². The molecule has 0 aliphatic heterocycles. The molecule has 1 rings (SSSR count). The van der Waals surface area contributed by atoms with Gasteiger partial charge in [-0.15, -0.1) is 0 Å². The van der Waals surface area contributed by atoms with Crippen molar-refractivity contribution < 1.29 is 5.11 Å². The summed E-state index contributed by atoms with van der Waals surface area (Å²) in [6.45, 7) is 3.84. The average Bonchev–Trinajstić information content (AvgIpc) is 2.01. The van der Waals surface area contributed by atoms with E-state index in [0.717, 1.165) is 18.7 Å². The summed E-state index contributed by atoms with van der Waals surface area (Å²) >= 11 is 0. The Morgan fingerprint density at radius 2 is 2.27 bits per heavy atom. The maximum absolute atomic E-state index is 9.08. The SMILES string of the molecule is CCNCc1cccc(O)c1. The second-order valence-corrected chi connectivity index (χ2v) is 2.45. The fourth-order valence-electron chi connectivity index (χ4n) is 0.936. The lowest BCUT2D eigenvalue weighted by Gasteiger charge is -2.01. The van der Waals surface area contributed by atoms with Crippen molar-refractivity contribution in [2.75, 3.05) is 6.54 Å². The Balaban J connectivity index is 2.56. The molecule has 1 aromatic carbocycles. The summed E-state index contributed by atoms with van der Waals surface area (Å²) in [4.78, 5) is 0. The zero-order chi connectivity index (χ0) is 8.10. The van der Waals surface area contributed by atoms with Crippen LogP contribution >= 0.6 is 0 Å². The van der Waals surface area contributed by atoms with Crippen LogP contribution in [0.5, 0.6) is 5.75 Å². The van der Waals surface area contributed by atoms with Crippen molar-refractivity contribution in [3.8, 4) is 5.75 Å². The molecule has 0 aliphatic rings. The number of phenols is 1. The normalized spacial score (nSPS) is 9.91. The van der Waals surface area contributed by atoms with Crippen molar-refractivity contribution in [3.63, 3.8) is 0 Å². The summed E-state index contributed by atoms with van der Waals surface area (Å²) in [6.07, 6.45) is 0. The third kappa shape index (κ3) is 2.60. The molecular formula is C9H13NO. The second kappa shape index (κ2) is 3.98. The van der Waals surface area contributed by atoms with E-state index < -0.39 is 0 Å². The molecular weight excluding hydrogens is 138 g/mol. The van der Waals surface area contributed by atoms with Crippen LogP contribution in [-0.2, 0) is 6.54 Å². The standard InChI is InChI=1S/C9H13NO/c1-2-10-7-8-4-3-5-9(11)6-8/h3-6,10-11H,2,7H2,1H3. The van der Waals surface area contributed by atoms with Crippen molar-refractivity contribution in [3.05, 3.63) is 29.8 Å². The van der Waals surface area contributed by atoms with Gasteiger partial charge in [-0.25, -0.2) is 0 Å². The predicted molar refractivity (Wildman–Crippen MR) is 45.5 cm³/mol. The van der Waals surface area contributed by atoms with Gasteiger partial charge in [0, 0.05) is 6.54 Å². The van der Waals surface area contributed by atoms with Crippen LogP contribution in [0, 0.1) is 0 Å². The first kappa shape index (κ1) is 8.08. The van der Waals surface area contributed by atoms with E-state index >= 15 is 0 Å². The summed E-state index contributed by atoms with van der Waals surface area (Å²) in [5.74, 6) is 0.334. The first-order valence-electron chi connectivity index (χ1n) is 3.81. The summed E-state index contributed by atoms with van der Waals surface area (Å²) in [5, 5.41) is 12.3. The minimum atomic E-state index is 0.334. The third-order valence-electron chi connectivity index (χ3n) is 1.49. The van der Waals surface area contributed by atoms with E-state index in [-0.39, 0.29) is 0 Å². The molecule has 2 heteroatoms. The van der Waals surface area contributed by atoms with Crippen LogP contribution in [0.15, 0.2) is 24.3 Å². The van der Waals surface area contributed by atoms with Gasteiger partial charge < -0.3 is 10.4 Å². The van der Waals surface area contributed by atoms with E-state index in [1.807, 2.05) is 12.1 Å². The van der Waals surface area contributed by atoms with Gasteiger partial charge in [-0.2, -0.15) is 0 Å². The van der Waals surface area contributed by atoms with Gasteiger partial charge in [-0.05, 0) is 24.2 Å². The molecule has 11 heavy (non-hydrogen) atoms. The Bertz CT molecular complexity index is 223. The molecule has 0 aliphatic carbocycles. The number of nitrogens with one attached hydrogen (secondary N) is 1. The number of hydrogen-bond acceptors (Lipinski definition) is 2. The molecule has 0 radical (unpaired) electrons. The zero-order valence-electron chi connectivity index (χ0n) is 6.67. The Hall–Kier alpha value is -1.02. The van der Waals surface area contributed by atoms with Gasteiger partial charge in [-0.1, -0.05) is 19.1 Å². The molecule has 0 unspecified atom stereocenters. The highest BCUT2D eigenvalue weighted by Gasteiger charge is 1.91. The lowest BCUT2D eigenvalue weighted by atomic mass is 10.2. The van der Waals surface area contributed by atoms with Crippen molar-refractivity contribution >= 4 is 0 Å². The number of benzene rings is 1. The smallest absolute Gasteiger partial charge is 0.115 e. The van der Waals surface area contributed by atoms with Gasteiger partial charge in [0.1, 0.15) is 5.75 Å². The molecule has 60 valence electrons. The van der Waals surface area contributed by atoms with Crippen LogP contribution in [-0.4, -0.2) is 11.7 Å². The van der Waals surface area contributed by atoms with Crippen LogP contribution in [0.25, 0.3) is 0 Å². The lowest BCUT2D eigenvalue weighted by Crippen LogP contribution is -2.11. The Morgan fingerprint density at radius 1 is 1.45 bits per heavy atom. The third-order valence-corrected chi connectivity index (χ3v) is 1.49. The molecule has 0 saturated heterocycles. The van der Waals surface area contributed by atoms with Crippen LogP contribution in [0.1, 0.15) is 12.5 Å². The molecule has 0 atom stereocenters. The largest absolute Gasteiger partial charge is 0.508 e. The average molecular weight is 151 g/mol. The number of hydrogen-bond donors (Lipinski definition) is 2. The van der Waals surface area contributed by atoms with Gasteiger partial charge in [0.05, 0.1) is 0 Å². The van der Waals surface area contributed by atoms with Gasteiger partial charge in [-0.3, -0.25) is 0 Å². The molecule has 0 heterocycles. The van der Waals surface area contributed by atoms with E-state index in [0.29, 0.717) is 5.75 Å². The molecule has 0 amide bonds. The summed E-state index contributed by atoms with van der Waals surface area (Å²) in [5.41, 5.74) is 1.12. The number of phenolic OH excluding ortho intramolecular Hbond substituents is 1. The molecule has 0 aromatic heterocycles. The Kier molecular flexibility index (Phi) is 2.93. The van der Waals surface area contributed by atoms with Gasteiger partial charge in [0.25, 0.3) is 0 Å². The van der Waals surface area contributed by atoms with Crippen LogP contribution < -0.4 is 5.32 Å². The second-order valence-electron chi connectivity index (χ2n) is 2.45. The van der Waals surface area contributed by atoms with E-state index in [9.17, 15) is 0 Å². The molecule has 0 bridgehead atoms. The maximum atomic E-state index is 9.08. The minimum Gasteiger partial charge on any atom is -0.508 e. The Labute approximate surface area is 66.9 Å².